The van der Waals surface area contributed by atoms with E-state index in [1.54, 1.807) is 7.11 Å². The van der Waals surface area contributed by atoms with Crippen molar-refractivity contribution in [3.63, 3.8) is 0 Å². The molecule has 0 aliphatic heterocycles. The van der Waals surface area contributed by atoms with Crippen LogP contribution < -0.4 is 5.73 Å². The molecule has 2 aromatic rings. The third-order valence-corrected chi connectivity index (χ3v) is 2.15. The maximum atomic E-state index is 5.61. The first kappa shape index (κ1) is 9.18. The topological polar surface area (TPSA) is 63.9 Å². The molecule has 3 N–H and O–H groups in total. The summed E-state index contributed by atoms with van der Waals surface area (Å²) in [6, 6.07) is 5.94. The molecule has 74 valence electrons. The summed E-state index contributed by atoms with van der Waals surface area (Å²) in [6.45, 7) is 1.01. The first-order chi connectivity index (χ1) is 6.85. The molecule has 2 rings (SSSR count). The van der Waals surface area contributed by atoms with E-state index in [1.165, 1.54) is 0 Å². The van der Waals surface area contributed by atoms with Gasteiger partial charge in [-0.25, -0.2) is 4.98 Å². The Bertz CT molecular complexity index is 436. The third-order valence-electron chi connectivity index (χ3n) is 2.15. The van der Waals surface area contributed by atoms with Gasteiger partial charge in [0.1, 0.15) is 12.4 Å². The minimum atomic E-state index is 0.499. The SMILES string of the molecule is COCc1nc2c(CN)cccc2[nH]1. The predicted molar refractivity (Wildman–Crippen MR) is 54.7 cm³/mol. The van der Waals surface area contributed by atoms with Crippen LogP contribution in [0.15, 0.2) is 18.2 Å². The predicted octanol–water partition coefficient (Wildman–Crippen LogP) is 1.17. The number of methoxy groups -OCH3 is 1. The largest absolute Gasteiger partial charge is 0.377 e. The lowest BCUT2D eigenvalue weighted by atomic mass is 10.2. The lowest BCUT2D eigenvalue weighted by Gasteiger charge is -1.95. The van der Waals surface area contributed by atoms with Gasteiger partial charge in [-0.3, -0.25) is 0 Å². The van der Waals surface area contributed by atoms with E-state index >= 15 is 0 Å². The fraction of sp³-hybridized carbons (Fsp3) is 0.300. The lowest BCUT2D eigenvalue weighted by molar-refractivity contribution is 0.179. The summed E-state index contributed by atoms with van der Waals surface area (Å²) in [5.41, 5.74) is 8.63. The summed E-state index contributed by atoms with van der Waals surface area (Å²) >= 11 is 0. The molecule has 0 bridgehead atoms. The van der Waals surface area contributed by atoms with Crippen LogP contribution in [-0.2, 0) is 17.9 Å². The third kappa shape index (κ3) is 1.49. The zero-order valence-corrected chi connectivity index (χ0v) is 8.08. The number of nitrogens with one attached hydrogen (secondary N) is 1. The van der Waals surface area contributed by atoms with Crippen LogP contribution in [0, 0.1) is 0 Å². The van der Waals surface area contributed by atoms with Gasteiger partial charge in [-0.1, -0.05) is 12.1 Å². The van der Waals surface area contributed by atoms with Crippen LogP contribution in [-0.4, -0.2) is 17.1 Å². The molecule has 0 saturated heterocycles. The number of fused-ring (bicyclic) bond motifs is 1. The summed E-state index contributed by atoms with van der Waals surface area (Å²) in [6.07, 6.45) is 0. The molecule has 0 spiro atoms. The van der Waals surface area contributed by atoms with Crippen LogP contribution in [0.2, 0.25) is 0 Å². The Morgan fingerprint density at radius 1 is 1.50 bits per heavy atom. The van der Waals surface area contributed by atoms with Crippen molar-refractivity contribution in [2.24, 2.45) is 5.73 Å². The van der Waals surface area contributed by atoms with E-state index < -0.39 is 0 Å². The highest BCUT2D eigenvalue weighted by Gasteiger charge is 2.05. The quantitative estimate of drug-likeness (QED) is 0.765. The Morgan fingerprint density at radius 3 is 3.07 bits per heavy atom. The number of nitrogens with two attached hydrogens (primary N) is 1. The van der Waals surface area contributed by atoms with E-state index in [1.807, 2.05) is 18.2 Å². The van der Waals surface area contributed by atoms with Crippen LogP contribution in [0.5, 0.6) is 0 Å². The molecule has 1 heterocycles. The number of imidazole rings is 1. The van der Waals surface area contributed by atoms with Crippen LogP contribution in [0.1, 0.15) is 11.4 Å². The maximum absolute atomic E-state index is 5.61. The Hall–Kier alpha value is -1.39. The van der Waals surface area contributed by atoms with Gasteiger partial charge in [0, 0.05) is 13.7 Å². The second kappa shape index (κ2) is 3.77. The molecule has 0 amide bonds. The van der Waals surface area contributed by atoms with Crippen molar-refractivity contribution < 1.29 is 4.74 Å². The van der Waals surface area contributed by atoms with E-state index in [0.29, 0.717) is 13.2 Å². The molecule has 0 saturated carbocycles. The highest BCUT2D eigenvalue weighted by molar-refractivity contribution is 5.78. The van der Waals surface area contributed by atoms with Gasteiger partial charge in [-0.05, 0) is 11.6 Å². The van der Waals surface area contributed by atoms with Crippen molar-refractivity contribution in [1.82, 2.24) is 9.97 Å². The van der Waals surface area contributed by atoms with Gasteiger partial charge in [0.05, 0.1) is 11.0 Å². The number of H-pyrrole nitrogens is 1. The van der Waals surface area contributed by atoms with Crippen LogP contribution in [0.25, 0.3) is 11.0 Å². The van der Waals surface area contributed by atoms with Gasteiger partial charge in [0.2, 0.25) is 0 Å². The summed E-state index contributed by atoms with van der Waals surface area (Å²) in [7, 11) is 1.65. The van der Waals surface area contributed by atoms with E-state index in [2.05, 4.69) is 9.97 Å². The first-order valence-electron chi connectivity index (χ1n) is 4.50. The van der Waals surface area contributed by atoms with Gasteiger partial charge in [0.25, 0.3) is 0 Å². The summed E-state index contributed by atoms with van der Waals surface area (Å²) in [5, 5.41) is 0. The normalized spacial score (nSPS) is 11.0. The molecule has 1 aromatic heterocycles. The van der Waals surface area contributed by atoms with Gasteiger partial charge in [0.15, 0.2) is 0 Å². The highest BCUT2D eigenvalue weighted by atomic mass is 16.5. The van der Waals surface area contributed by atoms with Crippen LogP contribution in [0.3, 0.4) is 0 Å². The number of benzene rings is 1. The molecule has 0 atom stereocenters. The molecule has 0 aliphatic carbocycles. The molecule has 14 heavy (non-hydrogen) atoms. The molecule has 0 radical (unpaired) electrons. The van der Waals surface area contributed by atoms with Crippen LogP contribution in [0.4, 0.5) is 0 Å². The molecule has 0 fully saturated rings. The minimum absolute atomic E-state index is 0.499. The Kier molecular flexibility index (Phi) is 2.47. The fourth-order valence-electron chi connectivity index (χ4n) is 1.51. The molecule has 4 nitrogen and oxygen atoms in total. The first-order valence-corrected chi connectivity index (χ1v) is 4.50. The number of aromatic nitrogens is 2. The average molecular weight is 191 g/mol. The number of hydrogen-bond donors (Lipinski definition) is 2. The van der Waals surface area contributed by atoms with E-state index in [-0.39, 0.29) is 0 Å². The standard InChI is InChI=1S/C10H13N3O/c1-14-6-9-12-8-4-2-3-7(5-11)10(8)13-9/h2-4H,5-6,11H2,1H3,(H,12,13). The summed E-state index contributed by atoms with van der Waals surface area (Å²) < 4.78 is 5.01. The smallest absolute Gasteiger partial charge is 0.133 e. The average Bonchev–Trinajstić information content (AvgIpc) is 2.60. The van der Waals surface area contributed by atoms with Crippen molar-refractivity contribution in [2.75, 3.05) is 7.11 Å². The molecule has 0 aliphatic rings. The molecular formula is C10H13N3O. The van der Waals surface area contributed by atoms with Crippen molar-refractivity contribution in [2.45, 2.75) is 13.2 Å². The number of ether oxygens (including phenoxy) is 1. The highest BCUT2D eigenvalue weighted by Crippen LogP contribution is 2.16. The molecule has 4 heteroatoms. The summed E-state index contributed by atoms with van der Waals surface area (Å²) in [4.78, 5) is 7.59. The van der Waals surface area contributed by atoms with Gasteiger partial charge in [-0.2, -0.15) is 0 Å². The van der Waals surface area contributed by atoms with Crippen molar-refractivity contribution >= 4 is 11.0 Å². The second-order valence-electron chi connectivity index (χ2n) is 3.13. The second-order valence-corrected chi connectivity index (χ2v) is 3.13. The lowest BCUT2D eigenvalue weighted by Crippen LogP contribution is -1.96. The van der Waals surface area contributed by atoms with E-state index in [9.17, 15) is 0 Å². The number of nitrogens with zero attached hydrogens (tertiary/aromatic N) is 1. The number of rotatable bonds is 3. The Morgan fingerprint density at radius 2 is 2.36 bits per heavy atom. The van der Waals surface area contributed by atoms with Gasteiger partial charge < -0.3 is 15.5 Å². The fourth-order valence-corrected chi connectivity index (χ4v) is 1.51. The maximum Gasteiger partial charge on any atom is 0.133 e. The van der Waals surface area contributed by atoms with E-state index in [0.717, 1.165) is 22.4 Å². The number of para-hydroxylation sites is 1. The van der Waals surface area contributed by atoms with E-state index in [4.69, 9.17) is 10.5 Å². The molecule has 0 unspecified atom stereocenters. The Labute approximate surface area is 82.1 Å². The summed E-state index contributed by atoms with van der Waals surface area (Å²) in [5.74, 6) is 0.836. The van der Waals surface area contributed by atoms with Crippen molar-refractivity contribution in [3.05, 3.63) is 29.6 Å². The number of aromatic amines is 1. The minimum Gasteiger partial charge on any atom is -0.377 e. The zero-order valence-electron chi connectivity index (χ0n) is 8.08. The van der Waals surface area contributed by atoms with Crippen molar-refractivity contribution in [1.29, 1.82) is 0 Å². The van der Waals surface area contributed by atoms with Crippen LogP contribution >= 0.6 is 0 Å². The number of hydrogen-bond acceptors (Lipinski definition) is 3. The molecular weight excluding hydrogens is 178 g/mol. The zero-order chi connectivity index (χ0) is 9.97. The van der Waals surface area contributed by atoms with Gasteiger partial charge >= 0.3 is 0 Å². The van der Waals surface area contributed by atoms with Gasteiger partial charge in [-0.15, -0.1) is 0 Å². The Balaban J connectivity index is 2.52. The monoisotopic (exact) mass is 191 g/mol. The van der Waals surface area contributed by atoms with Crippen molar-refractivity contribution in [3.8, 4) is 0 Å². The molecule has 1 aromatic carbocycles.